The van der Waals surface area contributed by atoms with Gasteiger partial charge in [-0.2, -0.15) is 5.26 Å². The van der Waals surface area contributed by atoms with Gasteiger partial charge in [-0.1, -0.05) is 5.16 Å². The molecule has 1 aromatic rings. The highest BCUT2D eigenvalue weighted by Crippen LogP contribution is 1.87. The molecular formula is C4H2N2O. The Labute approximate surface area is 40.2 Å². The van der Waals surface area contributed by atoms with Crippen LogP contribution < -0.4 is 0 Å². The molecule has 7 heavy (non-hydrogen) atoms. The molecule has 0 unspecified atom stereocenters. The molecule has 34 valence electrons. The molecule has 0 spiro atoms. The molecule has 0 bridgehead atoms. The fourth-order valence-electron chi connectivity index (χ4n) is 0.270. The van der Waals surface area contributed by atoms with Crippen molar-refractivity contribution in [3.05, 3.63) is 18.0 Å². The van der Waals surface area contributed by atoms with Gasteiger partial charge in [-0.15, -0.1) is 0 Å². The lowest BCUT2D eigenvalue weighted by Gasteiger charge is -1.59. The van der Waals surface area contributed by atoms with Crippen LogP contribution in [0.15, 0.2) is 16.9 Å². The number of aromatic nitrogens is 1. The van der Waals surface area contributed by atoms with Gasteiger partial charge in [0.1, 0.15) is 12.3 Å². The van der Waals surface area contributed by atoms with Gasteiger partial charge in [0.25, 0.3) is 0 Å². The second-order valence-electron chi connectivity index (χ2n) is 0.996. The second kappa shape index (κ2) is 1.43. The van der Waals surface area contributed by atoms with Crippen molar-refractivity contribution in [2.75, 3.05) is 0 Å². The van der Waals surface area contributed by atoms with Crippen molar-refractivity contribution in [3.8, 4) is 6.07 Å². The van der Waals surface area contributed by atoms with Crippen LogP contribution in [-0.4, -0.2) is 5.16 Å². The van der Waals surface area contributed by atoms with Crippen LogP contribution >= 0.6 is 0 Å². The number of hydrogen-bond acceptors (Lipinski definition) is 3. The number of rotatable bonds is 0. The van der Waals surface area contributed by atoms with Crippen LogP contribution in [0.1, 0.15) is 5.69 Å². The molecule has 3 nitrogen and oxygen atoms in total. The molecule has 0 aliphatic carbocycles. The van der Waals surface area contributed by atoms with Gasteiger partial charge in [-0.05, 0) is 0 Å². The van der Waals surface area contributed by atoms with Crippen LogP contribution in [-0.2, 0) is 0 Å². The summed E-state index contributed by atoms with van der Waals surface area (Å²) in [5.41, 5.74) is 0.319. The molecule has 0 fully saturated rings. The van der Waals surface area contributed by atoms with Crippen LogP contribution in [0.3, 0.4) is 0 Å². The lowest BCUT2D eigenvalue weighted by Crippen LogP contribution is -1.64. The first kappa shape index (κ1) is 3.88. The Morgan fingerprint density at radius 3 is 3.00 bits per heavy atom. The maximum atomic E-state index is 8.05. The van der Waals surface area contributed by atoms with Crippen LogP contribution in [0.4, 0.5) is 0 Å². The number of nitriles is 1. The molecule has 0 saturated carbocycles. The Morgan fingerprint density at radius 1 is 1.86 bits per heavy atom. The molecular weight excluding hydrogens is 92.1 g/mol. The van der Waals surface area contributed by atoms with Crippen molar-refractivity contribution in [2.45, 2.75) is 0 Å². The van der Waals surface area contributed by atoms with E-state index in [-0.39, 0.29) is 0 Å². The van der Waals surface area contributed by atoms with E-state index >= 15 is 0 Å². The molecule has 0 aromatic carbocycles. The molecule has 1 heterocycles. The Bertz CT molecular complexity index is 172. The highest BCUT2D eigenvalue weighted by Gasteiger charge is 1.86. The van der Waals surface area contributed by atoms with E-state index in [9.17, 15) is 0 Å². The van der Waals surface area contributed by atoms with E-state index < -0.39 is 0 Å². The van der Waals surface area contributed by atoms with E-state index in [1.807, 2.05) is 0 Å². The Balaban J connectivity index is 3.04. The molecule has 3 heteroatoms. The van der Waals surface area contributed by atoms with Crippen LogP contribution in [0.25, 0.3) is 0 Å². The van der Waals surface area contributed by atoms with Gasteiger partial charge in [0.15, 0.2) is 5.69 Å². The molecule has 1 aromatic heterocycles. The summed E-state index contributed by atoms with van der Waals surface area (Å²) >= 11 is 0. The molecule has 0 radical (unpaired) electrons. The van der Waals surface area contributed by atoms with Gasteiger partial charge >= 0.3 is 0 Å². The van der Waals surface area contributed by atoms with Crippen LogP contribution in [0.2, 0.25) is 0 Å². The number of hydrogen-bond donors (Lipinski definition) is 0. The van der Waals surface area contributed by atoms with E-state index in [1.165, 1.54) is 12.3 Å². The van der Waals surface area contributed by atoms with Crippen molar-refractivity contribution >= 4 is 0 Å². The van der Waals surface area contributed by atoms with Crippen molar-refractivity contribution in [1.29, 1.82) is 5.26 Å². The van der Waals surface area contributed by atoms with E-state index in [0.717, 1.165) is 0 Å². The third kappa shape index (κ3) is 0.578. The van der Waals surface area contributed by atoms with Crippen molar-refractivity contribution in [1.82, 2.24) is 5.16 Å². The average Bonchev–Trinajstić information content (AvgIpc) is 2.14. The van der Waals surface area contributed by atoms with Crippen molar-refractivity contribution in [2.24, 2.45) is 0 Å². The standard InChI is InChI=1S/C4H2N2O/c5-3-4-1-2-7-6-4/h1-2H. The predicted octanol–water partition coefficient (Wildman–Crippen LogP) is 0.546. The van der Waals surface area contributed by atoms with Gasteiger partial charge in [-0.3, -0.25) is 0 Å². The summed E-state index contributed by atoms with van der Waals surface area (Å²) in [6.45, 7) is 0. The zero-order chi connectivity index (χ0) is 5.11. The molecule has 0 aliphatic heterocycles. The van der Waals surface area contributed by atoms with E-state index in [0.29, 0.717) is 5.69 Å². The molecule has 0 N–H and O–H groups in total. The lowest BCUT2D eigenvalue weighted by molar-refractivity contribution is 0.417. The summed E-state index contributed by atoms with van der Waals surface area (Å²) < 4.78 is 4.33. The fraction of sp³-hybridized carbons (Fsp3) is 0. The van der Waals surface area contributed by atoms with E-state index in [1.54, 1.807) is 6.07 Å². The van der Waals surface area contributed by atoms with E-state index in [4.69, 9.17) is 5.26 Å². The largest absolute Gasteiger partial charge is 0.363 e. The molecule has 1 rings (SSSR count). The first-order chi connectivity index (χ1) is 3.43. The topological polar surface area (TPSA) is 49.8 Å². The maximum Gasteiger partial charge on any atom is 0.183 e. The normalized spacial score (nSPS) is 7.86. The Morgan fingerprint density at radius 2 is 2.71 bits per heavy atom. The quantitative estimate of drug-likeness (QED) is 0.471. The van der Waals surface area contributed by atoms with Crippen molar-refractivity contribution in [3.63, 3.8) is 0 Å². The monoisotopic (exact) mass is 94.0 g/mol. The minimum atomic E-state index is 0.319. The van der Waals surface area contributed by atoms with Gasteiger partial charge in [-0.25, -0.2) is 0 Å². The molecule has 0 saturated heterocycles. The van der Waals surface area contributed by atoms with Gasteiger partial charge < -0.3 is 4.52 Å². The minimum absolute atomic E-state index is 0.319. The molecule has 0 amide bonds. The first-order valence-corrected chi connectivity index (χ1v) is 1.74. The van der Waals surface area contributed by atoms with Gasteiger partial charge in [0, 0.05) is 6.07 Å². The predicted molar refractivity (Wildman–Crippen MR) is 21.2 cm³/mol. The van der Waals surface area contributed by atoms with Crippen LogP contribution in [0.5, 0.6) is 0 Å². The summed E-state index contributed by atoms with van der Waals surface area (Å²) in [5.74, 6) is 0. The lowest BCUT2D eigenvalue weighted by atomic mass is 10.5. The summed E-state index contributed by atoms with van der Waals surface area (Å²) in [6, 6.07) is 3.30. The summed E-state index contributed by atoms with van der Waals surface area (Å²) in [6.07, 6.45) is 1.36. The Hall–Kier alpha value is -1.30. The number of nitrogens with zero attached hydrogens (tertiary/aromatic N) is 2. The second-order valence-corrected chi connectivity index (χ2v) is 0.996. The summed E-state index contributed by atoms with van der Waals surface area (Å²) in [5, 5.41) is 11.4. The maximum absolute atomic E-state index is 8.05. The molecule has 0 atom stereocenters. The third-order valence-corrected chi connectivity index (χ3v) is 0.552. The Kier molecular flexibility index (Phi) is 0.794. The minimum Gasteiger partial charge on any atom is -0.363 e. The zero-order valence-corrected chi connectivity index (χ0v) is 3.46. The van der Waals surface area contributed by atoms with Crippen molar-refractivity contribution < 1.29 is 4.52 Å². The van der Waals surface area contributed by atoms with Gasteiger partial charge in [0.2, 0.25) is 0 Å². The summed E-state index contributed by atoms with van der Waals surface area (Å²) in [4.78, 5) is 0. The zero-order valence-electron chi connectivity index (χ0n) is 3.46. The first-order valence-electron chi connectivity index (χ1n) is 1.74. The SMILES string of the molecule is N#Cc1ccon1. The van der Waals surface area contributed by atoms with E-state index in [2.05, 4.69) is 9.68 Å². The average molecular weight is 94.1 g/mol. The third-order valence-electron chi connectivity index (χ3n) is 0.552. The highest BCUT2D eigenvalue weighted by atomic mass is 16.5. The summed E-state index contributed by atoms with van der Waals surface area (Å²) in [7, 11) is 0. The highest BCUT2D eigenvalue weighted by molar-refractivity contribution is 5.14. The molecule has 0 aliphatic rings. The fourth-order valence-corrected chi connectivity index (χ4v) is 0.270. The smallest absolute Gasteiger partial charge is 0.183 e. The van der Waals surface area contributed by atoms with Crippen LogP contribution in [0, 0.1) is 11.3 Å². The van der Waals surface area contributed by atoms with Gasteiger partial charge in [0.05, 0.1) is 0 Å².